The Hall–Kier alpha value is -1.61. The van der Waals surface area contributed by atoms with Gasteiger partial charge in [-0.25, -0.2) is 0 Å². The van der Waals surface area contributed by atoms with E-state index in [1.807, 2.05) is 12.3 Å². The largest absolute Gasteiger partial charge is 0.348 e. The van der Waals surface area contributed by atoms with Gasteiger partial charge < -0.3 is 10.3 Å². The molecular formula is C15H19N3. The predicted octanol–water partition coefficient (Wildman–Crippen LogP) is 2.65. The quantitative estimate of drug-likeness (QED) is 0.894. The van der Waals surface area contributed by atoms with Gasteiger partial charge in [0.25, 0.3) is 0 Å². The van der Waals surface area contributed by atoms with Crippen LogP contribution in [0.4, 0.5) is 0 Å². The van der Waals surface area contributed by atoms with Gasteiger partial charge in [0.1, 0.15) is 0 Å². The lowest BCUT2D eigenvalue weighted by Gasteiger charge is -2.08. The van der Waals surface area contributed by atoms with Crippen LogP contribution in [-0.2, 0) is 6.54 Å². The molecule has 2 N–H and O–H groups in total. The Bertz CT molecular complexity index is 540. The van der Waals surface area contributed by atoms with Gasteiger partial charge in [-0.3, -0.25) is 4.98 Å². The maximum Gasteiger partial charge on any atom is 0.0645 e. The van der Waals surface area contributed by atoms with E-state index in [1.165, 1.54) is 24.0 Å². The highest BCUT2D eigenvalue weighted by molar-refractivity contribution is 5.21. The van der Waals surface area contributed by atoms with E-state index < -0.39 is 0 Å². The molecule has 0 saturated heterocycles. The summed E-state index contributed by atoms with van der Waals surface area (Å²) in [5.74, 6) is 0.706. The van der Waals surface area contributed by atoms with E-state index in [0.29, 0.717) is 5.92 Å². The number of aryl methyl sites for hydroxylation is 1. The van der Waals surface area contributed by atoms with Gasteiger partial charge in [0.05, 0.1) is 12.2 Å². The smallest absolute Gasteiger partial charge is 0.0645 e. The second-order valence-electron chi connectivity index (χ2n) is 5.25. The zero-order valence-corrected chi connectivity index (χ0v) is 10.7. The van der Waals surface area contributed by atoms with Crippen LogP contribution in [0.1, 0.15) is 35.7 Å². The van der Waals surface area contributed by atoms with Crippen molar-refractivity contribution >= 4 is 0 Å². The minimum atomic E-state index is 0.219. The highest BCUT2D eigenvalue weighted by atomic mass is 15.0. The average molecular weight is 241 g/mol. The summed E-state index contributed by atoms with van der Waals surface area (Å²) in [6.07, 6.45) is 8.68. The Labute approximate surface area is 108 Å². The van der Waals surface area contributed by atoms with Crippen molar-refractivity contribution in [3.05, 3.63) is 53.6 Å². The van der Waals surface area contributed by atoms with Crippen LogP contribution in [0.5, 0.6) is 0 Å². The predicted molar refractivity (Wildman–Crippen MR) is 72.2 cm³/mol. The lowest BCUT2D eigenvalue weighted by molar-refractivity contribution is 0.630. The van der Waals surface area contributed by atoms with Gasteiger partial charge in [-0.1, -0.05) is 6.07 Å². The summed E-state index contributed by atoms with van der Waals surface area (Å²) in [6, 6.07) is 6.43. The van der Waals surface area contributed by atoms with Crippen molar-refractivity contribution in [2.75, 3.05) is 0 Å². The summed E-state index contributed by atoms with van der Waals surface area (Å²) in [7, 11) is 0. The van der Waals surface area contributed by atoms with E-state index in [9.17, 15) is 0 Å². The third kappa shape index (κ3) is 2.31. The Morgan fingerprint density at radius 1 is 1.44 bits per heavy atom. The van der Waals surface area contributed by atoms with Gasteiger partial charge in [0, 0.05) is 24.6 Å². The standard InChI is InChI=1S/C15H19N3/c1-11-3-2-7-17-14(11)10-18-8-6-13(9-18)15(16)12-4-5-12/h2-3,6-9,12,15H,4-5,10,16H2,1H3. The third-order valence-electron chi connectivity index (χ3n) is 3.74. The molecule has 2 aromatic heterocycles. The molecule has 1 aliphatic rings. The van der Waals surface area contributed by atoms with Gasteiger partial charge in [-0.15, -0.1) is 0 Å². The van der Waals surface area contributed by atoms with Gasteiger partial charge >= 0.3 is 0 Å². The Kier molecular flexibility index (Phi) is 2.92. The second-order valence-corrected chi connectivity index (χ2v) is 5.25. The number of aromatic nitrogens is 2. The third-order valence-corrected chi connectivity index (χ3v) is 3.74. The Morgan fingerprint density at radius 2 is 2.28 bits per heavy atom. The van der Waals surface area contributed by atoms with Crippen LogP contribution < -0.4 is 5.73 Å². The van der Waals surface area contributed by atoms with E-state index >= 15 is 0 Å². The minimum Gasteiger partial charge on any atom is -0.348 e. The molecule has 0 aliphatic heterocycles. The number of hydrogen-bond acceptors (Lipinski definition) is 2. The summed E-state index contributed by atoms with van der Waals surface area (Å²) < 4.78 is 2.17. The summed E-state index contributed by atoms with van der Waals surface area (Å²) >= 11 is 0. The van der Waals surface area contributed by atoms with Gasteiger partial charge in [-0.05, 0) is 48.9 Å². The molecule has 1 saturated carbocycles. The van der Waals surface area contributed by atoms with E-state index in [-0.39, 0.29) is 6.04 Å². The zero-order valence-electron chi connectivity index (χ0n) is 10.7. The topological polar surface area (TPSA) is 43.8 Å². The summed E-state index contributed by atoms with van der Waals surface area (Å²) in [4.78, 5) is 4.42. The number of nitrogens with zero attached hydrogens (tertiary/aromatic N) is 2. The first-order valence-corrected chi connectivity index (χ1v) is 6.56. The van der Waals surface area contributed by atoms with Gasteiger partial charge in [0.2, 0.25) is 0 Å². The molecule has 3 rings (SSSR count). The molecule has 0 aromatic carbocycles. The van der Waals surface area contributed by atoms with E-state index in [2.05, 4.69) is 41.0 Å². The van der Waals surface area contributed by atoms with E-state index in [0.717, 1.165) is 12.2 Å². The molecule has 3 heteroatoms. The van der Waals surface area contributed by atoms with Crippen molar-refractivity contribution in [1.29, 1.82) is 0 Å². The van der Waals surface area contributed by atoms with Gasteiger partial charge in [0.15, 0.2) is 0 Å². The van der Waals surface area contributed by atoms with Crippen LogP contribution in [0.25, 0.3) is 0 Å². The Morgan fingerprint density at radius 3 is 3.00 bits per heavy atom. The normalized spacial score (nSPS) is 16.8. The number of hydrogen-bond donors (Lipinski definition) is 1. The molecule has 0 spiro atoms. The molecule has 0 amide bonds. The number of pyridine rings is 1. The second kappa shape index (κ2) is 4.58. The zero-order chi connectivity index (χ0) is 12.5. The van der Waals surface area contributed by atoms with Crippen LogP contribution in [0.15, 0.2) is 36.8 Å². The van der Waals surface area contributed by atoms with E-state index in [1.54, 1.807) is 0 Å². The fourth-order valence-electron chi connectivity index (χ4n) is 2.34. The van der Waals surface area contributed by atoms with Crippen molar-refractivity contribution in [1.82, 2.24) is 9.55 Å². The maximum atomic E-state index is 6.21. The molecule has 0 bridgehead atoms. The van der Waals surface area contributed by atoms with Crippen molar-refractivity contribution in [3.63, 3.8) is 0 Å². The molecular weight excluding hydrogens is 222 g/mol. The van der Waals surface area contributed by atoms with Crippen LogP contribution in [0.2, 0.25) is 0 Å². The summed E-state index contributed by atoms with van der Waals surface area (Å²) in [5, 5.41) is 0. The maximum absolute atomic E-state index is 6.21. The fraction of sp³-hybridized carbons (Fsp3) is 0.400. The molecule has 18 heavy (non-hydrogen) atoms. The SMILES string of the molecule is Cc1cccnc1Cn1ccc(C(N)C2CC2)c1. The van der Waals surface area contributed by atoms with E-state index in [4.69, 9.17) is 5.73 Å². The first kappa shape index (κ1) is 11.5. The van der Waals surface area contributed by atoms with Crippen molar-refractivity contribution < 1.29 is 0 Å². The van der Waals surface area contributed by atoms with Crippen molar-refractivity contribution in [2.45, 2.75) is 32.4 Å². The molecule has 1 unspecified atom stereocenters. The Balaban J connectivity index is 1.75. The molecule has 1 aliphatic carbocycles. The van der Waals surface area contributed by atoms with Crippen molar-refractivity contribution in [2.24, 2.45) is 11.7 Å². The highest BCUT2D eigenvalue weighted by Crippen LogP contribution is 2.39. The molecule has 1 atom stereocenters. The molecule has 2 aromatic rings. The number of rotatable bonds is 4. The lowest BCUT2D eigenvalue weighted by atomic mass is 10.1. The average Bonchev–Trinajstić information content (AvgIpc) is 3.12. The molecule has 0 radical (unpaired) electrons. The van der Waals surface area contributed by atoms with Crippen LogP contribution in [0.3, 0.4) is 0 Å². The first-order chi connectivity index (χ1) is 8.74. The molecule has 94 valence electrons. The number of nitrogens with two attached hydrogens (primary N) is 1. The monoisotopic (exact) mass is 241 g/mol. The first-order valence-electron chi connectivity index (χ1n) is 6.56. The minimum absolute atomic E-state index is 0.219. The molecule has 2 heterocycles. The van der Waals surface area contributed by atoms with Gasteiger partial charge in [-0.2, -0.15) is 0 Å². The van der Waals surface area contributed by atoms with Crippen LogP contribution >= 0.6 is 0 Å². The summed E-state index contributed by atoms with van der Waals surface area (Å²) in [6.45, 7) is 2.92. The lowest BCUT2D eigenvalue weighted by Crippen LogP contribution is -2.11. The fourth-order valence-corrected chi connectivity index (χ4v) is 2.34. The van der Waals surface area contributed by atoms with Crippen molar-refractivity contribution in [3.8, 4) is 0 Å². The highest BCUT2D eigenvalue weighted by Gasteiger charge is 2.29. The molecule has 3 nitrogen and oxygen atoms in total. The van der Waals surface area contributed by atoms with Crippen LogP contribution in [-0.4, -0.2) is 9.55 Å². The van der Waals surface area contributed by atoms with Crippen LogP contribution in [0, 0.1) is 12.8 Å². The summed E-state index contributed by atoms with van der Waals surface area (Å²) in [5.41, 5.74) is 9.82. The molecule has 1 fully saturated rings.